The van der Waals surface area contributed by atoms with Crippen LogP contribution in [0.15, 0.2) is 18.2 Å². The summed E-state index contributed by atoms with van der Waals surface area (Å²) in [7, 11) is 3.19. The van der Waals surface area contributed by atoms with Crippen LogP contribution in [0.1, 0.15) is 24.0 Å². The number of rotatable bonds is 0. The van der Waals surface area contributed by atoms with Gasteiger partial charge in [0.05, 0.1) is 5.41 Å². The molecule has 104 valence electrons. The molecule has 0 N–H and O–H groups in total. The number of fused-ring (bicyclic) bond motifs is 2. The molecule has 0 unspecified atom stereocenters. The normalized spacial score (nSPS) is 25.6. The van der Waals surface area contributed by atoms with E-state index >= 15 is 0 Å². The predicted molar refractivity (Wildman–Crippen MR) is 73.3 cm³/mol. The van der Waals surface area contributed by atoms with Crippen LogP contribution in [0.2, 0.25) is 0 Å². The number of likely N-dealkylation sites (tertiary alicyclic amines) is 1. The van der Waals surface area contributed by atoms with Crippen molar-refractivity contribution in [2.75, 3.05) is 19.0 Å². The second kappa shape index (κ2) is 3.91. The number of likely N-dealkylation sites (N-methyl/N-ethyl adjacent to an activating group) is 1. The van der Waals surface area contributed by atoms with Gasteiger partial charge in [-0.2, -0.15) is 0 Å². The van der Waals surface area contributed by atoms with Crippen molar-refractivity contribution in [3.8, 4) is 0 Å². The lowest BCUT2D eigenvalue weighted by molar-refractivity contribution is -0.139. The highest BCUT2D eigenvalue weighted by atomic mass is 16.2. The summed E-state index contributed by atoms with van der Waals surface area (Å²) in [6.07, 6.45) is 0.146. The summed E-state index contributed by atoms with van der Waals surface area (Å²) in [5.74, 6) is -0.617. The molecule has 0 aromatic heterocycles. The second-order valence-electron chi connectivity index (χ2n) is 5.67. The highest BCUT2D eigenvalue weighted by Crippen LogP contribution is 2.47. The Kier molecular flexibility index (Phi) is 2.51. The number of amides is 3. The van der Waals surface area contributed by atoms with Gasteiger partial charge in [-0.25, -0.2) is 0 Å². The standard InChI is InChI=1S/C15H16N2O3/c1-9-4-5-11-10(6-9)15(7-12(18)16(11)2)8-13(19)17(3)14(15)20/h4-6H,7-8H2,1-3H3/t15-/m1/s1. The highest BCUT2D eigenvalue weighted by molar-refractivity contribution is 6.14. The van der Waals surface area contributed by atoms with Crippen molar-refractivity contribution in [1.29, 1.82) is 0 Å². The second-order valence-corrected chi connectivity index (χ2v) is 5.67. The van der Waals surface area contributed by atoms with Crippen LogP contribution in [-0.2, 0) is 19.8 Å². The fourth-order valence-corrected chi connectivity index (χ4v) is 3.17. The number of aryl methyl sites for hydroxylation is 1. The summed E-state index contributed by atoms with van der Waals surface area (Å²) in [6, 6.07) is 5.68. The van der Waals surface area contributed by atoms with Crippen molar-refractivity contribution in [2.24, 2.45) is 0 Å². The van der Waals surface area contributed by atoms with Crippen LogP contribution in [0, 0.1) is 6.92 Å². The van der Waals surface area contributed by atoms with Crippen LogP contribution in [0.3, 0.4) is 0 Å². The maximum atomic E-state index is 12.6. The van der Waals surface area contributed by atoms with Crippen molar-refractivity contribution in [3.63, 3.8) is 0 Å². The molecule has 0 radical (unpaired) electrons. The van der Waals surface area contributed by atoms with Crippen LogP contribution in [0.25, 0.3) is 0 Å². The number of anilines is 1. The van der Waals surface area contributed by atoms with E-state index in [0.717, 1.165) is 21.7 Å². The number of benzene rings is 1. The summed E-state index contributed by atoms with van der Waals surface area (Å²) < 4.78 is 0. The van der Waals surface area contributed by atoms with Crippen LogP contribution < -0.4 is 4.90 Å². The van der Waals surface area contributed by atoms with E-state index in [0.29, 0.717) is 0 Å². The zero-order chi connectivity index (χ0) is 14.7. The van der Waals surface area contributed by atoms with Crippen molar-refractivity contribution >= 4 is 23.4 Å². The third-order valence-electron chi connectivity index (χ3n) is 4.40. The van der Waals surface area contributed by atoms with Gasteiger partial charge >= 0.3 is 0 Å². The smallest absolute Gasteiger partial charge is 0.240 e. The van der Waals surface area contributed by atoms with Crippen molar-refractivity contribution in [1.82, 2.24) is 4.90 Å². The molecule has 1 saturated heterocycles. The quantitative estimate of drug-likeness (QED) is 0.662. The van der Waals surface area contributed by atoms with Gasteiger partial charge in [0.15, 0.2) is 0 Å². The molecule has 1 spiro atoms. The molecule has 1 aromatic rings. The first kappa shape index (κ1) is 12.8. The molecule has 0 saturated carbocycles. The van der Waals surface area contributed by atoms with Gasteiger partial charge < -0.3 is 4.90 Å². The van der Waals surface area contributed by atoms with Crippen LogP contribution >= 0.6 is 0 Å². The Morgan fingerprint density at radius 1 is 1.00 bits per heavy atom. The Morgan fingerprint density at radius 2 is 1.60 bits per heavy atom. The molecule has 5 nitrogen and oxygen atoms in total. The monoisotopic (exact) mass is 272 g/mol. The van der Waals surface area contributed by atoms with E-state index in [-0.39, 0.29) is 30.6 Å². The molecule has 20 heavy (non-hydrogen) atoms. The molecule has 2 aliphatic heterocycles. The lowest BCUT2D eigenvalue weighted by Gasteiger charge is -2.37. The highest BCUT2D eigenvalue weighted by Gasteiger charge is 2.56. The van der Waals surface area contributed by atoms with Crippen molar-refractivity contribution in [2.45, 2.75) is 25.2 Å². The van der Waals surface area contributed by atoms with Gasteiger partial charge in [-0.05, 0) is 18.6 Å². The summed E-state index contributed by atoms with van der Waals surface area (Å²) in [6.45, 7) is 1.94. The third-order valence-corrected chi connectivity index (χ3v) is 4.40. The summed E-state index contributed by atoms with van der Waals surface area (Å²) in [5.41, 5.74) is 1.53. The molecule has 1 fully saturated rings. The van der Waals surface area contributed by atoms with Crippen LogP contribution in [-0.4, -0.2) is 36.7 Å². The van der Waals surface area contributed by atoms with Crippen molar-refractivity contribution < 1.29 is 14.4 Å². The van der Waals surface area contributed by atoms with Gasteiger partial charge in [-0.15, -0.1) is 0 Å². The van der Waals surface area contributed by atoms with Crippen LogP contribution in [0.4, 0.5) is 5.69 Å². The van der Waals surface area contributed by atoms with Gasteiger partial charge in [0, 0.05) is 32.6 Å². The van der Waals surface area contributed by atoms with Gasteiger partial charge in [0.1, 0.15) is 0 Å². The summed E-state index contributed by atoms with van der Waals surface area (Å²) in [4.78, 5) is 39.4. The predicted octanol–water partition coefficient (Wildman–Crippen LogP) is 0.988. The molecule has 2 heterocycles. The summed E-state index contributed by atoms with van der Waals surface area (Å²) in [5, 5.41) is 0. The molecule has 0 bridgehead atoms. The zero-order valence-corrected chi connectivity index (χ0v) is 11.8. The maximum Gasteiger partial charge on any atom is 0.240 e. The first-order valence-electron chi connectivity index (χ1n) is 6.55. The van der Waals surface area contributed by atoms with E-state index in [1.807, 2.05) is 25.1 Å². The Labute approximate surface area is 117 Å². The Hall–Kier alpha value is -2.17. The minimum absolute atomic E-state index is 0.0644. The van der Waals surface area contributed by atoms with E-state index in [1.165, 1.54) is 7.05 Å². The van der Waals surface area contributed by atoms with E-state index in [1.54, 1.807) is 11.9 Å². The molecule has 3 rings (SSSR count). The number of hydrogen-bond acceptors (Lipinski definition) is 3. The fraction of sp³-hybridized carbons (Fsp3) is 0.400. The topological polar surface area (TPSA) is 57.7 Å². The number of nitrogens with zero attached hydrogens (tertiary/aromatic N) is 2. The number of carbonyl (C=O) groups excluding carboxylic acids is 3. The Morgan fingerprint density at radius 3 is 2.20 bits per heavy atom. The molecule has 1 atom stereocenters. The molecule has 3 amide bonds. The van der Waals surface area contributed by atoms with E-state index < -0.39 is 5.41 Å². The maximum absolute atomic E-state index is 12.6. The number of carbonyl (C=O) groups is 3. The van der Waals surface area contributed by atoms with Gasteiger partial charge in [-0.1, -0.05) is 17.7 Å². The number of hydrogen-bond donors (Lipinski definition) is 0. The zero-order valence-electron chi connectivity index (χ0n) is 11.8. The van der Waals surface area contributed by atoms with Gasteiger partial charge in [0.2, 0.25) is 17.7 Å². The van der Waals surface area contributed by atoms with Crippen molar-refractivity contribution in [3.05, 3.63) is 29.3 Å². The first-order valence-corrected chi connectivity index (χ1v) is 6.55. The average Bonchev–Trinajstić information content (AvgIpc) is 2.62. The first-order chi connectivity index (χ1) is 9.36. The molecule has 5 heteroatoms. The summed E-state index contributed by atoms with van der Waals surface area (Å²) >= 11 is 0. The minimum Gasteiger partial charge on any atom is -0.315 e. The lowest BCUT2D eigenvalue weighted by Crippen LogP contribution is -2.46. The van der Waals surface area contributed by atoms with E-state index in [4.69, 9.17) is 0 Å². The fourth-order valence-electron chi connectivity index (χ4n) is 3.17. The van der Waals surface area contributed by atoms with E-state index in [2.05, 4.69) is 0 Å². The van der Waals surface area contributed by atoms with E-state index in [9.17, 15) is 14.4 Å². The third kappa shape index (κ3) is 1.46. The average molecular weight is 272 g/mol. The molecule has 1 aromatic carbocycles. The molecule has 2 aliphatic rings. The van der Waals surface area contributed by atoms with Crippen LogP contribution in [0.5, 0.6) is 0 Å². The Bertz CT molecular complexity index is 653. The largest absolute Gasteiger partial charge is 0.315 e. The number of imide groups is 1. The molecular formula is C15H16N2O3. The minimum atomic E-state index is -1.00. The lowest BCUT2D eigenvalue weighted by atomic mass is 9.72. The SMILES string of the molecule is Cc1ccc2c(c1)[C@]1(CC(=O)N(C)C1=O)CC(=O)N2C. The Balaban J connectivity index is 2.27. The van der Waals surface area contributed by atoms with Gasteiger partial charge in [-0.3, -0.25) is 19.3 Å². The molecule has 0 aliphatic carbocycles. The molecular weight excluding hydrogens is 256 g/mol. The van der Waals surface area contributed by atoms with Gasteiger partial charge in [0.25, 0.3) is 0 Å².